The topological polar surface area (TPSA) is 136 Å². The van der Waals surface area contributed by atoms with Crippen LogP contribution in [0.4, 0.5) is 10.8 Å². The van der Waals surface area contributed by atoms with E-state index < -0.39 is 5.92 Å². The maximum Gasteiger partial charge on any atom is 0.254 e. The van der Waals surface area contributed by atoms with Crippen molar-refractivity contribution in [1.82, 2.24) is 10.3 Å². The van der Waals surface area contributed by atoms with Gasteiger partial charge in [0.25, 0.3) is 5.91 Å². The molecule has 4 N–H and O–H groups in total. The fourth-order valence-corrected chi connectivity index (χ4v) is 6.25. The van der Waals surface area contributed by atoms with Gasteiger partial charge in [-0.05, 0) is 48.9 Å². The van der Waals surface area contributed by atoms with Crippen LogP contribution in [0.15, 0.2) is 94.7 Å². The van der Waals surface area contributed by atoms with E-state index in [9.17, 15) is 20.0 Å². The number of hydrogen-bond acceptors (Lipinski definition) is 9. The second-order valence-corrected chi connectivity index (χ2v) is 11.0. The number of thiazole rings is 1. The van der Waals surface area contributed by atoms with Crippen molar-refractivity contribution in [2.75, 3.05) is 23.5 Å². The van der Waals surface area contributed by atoms with Crippen molar-refractivity contribution in [1.29, 1.82) is 5.26 Å². The molecule has 1 aliphatic heterocycles. The lowest BCUT2D eigenvalue weighted by Gasteiger charge is -2.30. The molecule has 41 heavy (non-hydrogen) atoms. The molecule has 2 amide bonds. The number of ether oxygens (including phenoxy) is 1. The number of para-hydroxylation sites is 2. The van der Waals surface area contributed by atoms with Crippen LogP contribution in [0, 0.1) is 11.3 Å². The quantitative estimate of drug-likeness (QED) is 0.207. The number of nitriles is 1. The van der Waals surface area contributed by atoms with Crippen LogP contribution >= 0.6 is 23.1 Å². The number of phenols is 1. The molecule has 1 aliphatic rings. The minimum Gasteiger partial charge on any atom is -0.504 e. The number of aromatic nitrogens is 1. The average molecular weight is 584 g/mol. The SMILES string of the molecule is COc1cc([C@H]2C(C#N)=C(SCC(=O)Nc3nc4ccccc4s3)NC(C)=C2C(=O)Nc2ccccc2)ccc1O. The lowest BCUT2D eigenvalue weighted by Crippen LogP contribution is -2.31. The third kappa shape index (κ3) is 6.04. The van der Waals surface area contributed by atoms with Crippen LogP contribution in [0.1, 0.15) is 18.4 Å². The van der Waals surface area contributed by atoms with Crippen LogP contribution in [0.3, 0.4) is 0 Å². The van der Waals surface area contributed by atoms with Gasteiger partial charge in [0.2, 0.25) is 5.91 Å². The van der Waals surface area contributed by atoms with Gasteiger partial charge < -0.3 is 25.8 Å². The highest BCUT2D eigenvalue weighted by Gasteiger charge is 2.35. The Bertz CT molecular complexity index is 1710. The molecule has 0 unspecified atom stereocenters. The highest BCUT2D eigenvalue weighted by molar-refractivity contribution is 8.03. The first-order chi connectivity index (χ1) is 19.9. The second kappa shape index (κ2) is 12.2. The molecular weight excluding hydrogens is 558 g/mol. The summed E-state index contributed by atoms with van der Waals surface area (Å²) in [7, 11) is 1.43. The van der Waals surface area contributed by atoms with Crippen molar-refractivity contribution >= 4 is 55.9 Å². The molecule has 5 rings (SSSR count). The lowest BCUT2D eigenvalue weighted by molar-refractivity contribution is -0.114. The zero-order chi connectivity index (χ0) is 28.9. The number of allylic oxidation sites excluding steroid dienone is 2. The number of phenolic OH excluding ortho intramolecular Hbond substituents is 1. The second-order valence-electron chi connectivity index (χ2n) is 9.03. The highest BCUT2D eigenvalue weighted by atomic mass is 32.2. The molecule has 1 atom stereocenters. The van der Waals surface area contributed by atoms with Gasteiger partial charge in [-0.3, -0.25) is 9.59 Å². The average Bonchev–Trinajstić information content (AvgIpc) is 3.38. The molecule has 0 aliphatic carbocycles. The van der Waals surface area contributed by atoms with Crippen molar-refractivity contribution < 1.29 is 19.4 Å². The molecule has 0 radical (unpaired) electrons. The number of rotatable bonds is 8. The summed E-state index contributed by atoms with van der Waals surface area (Å²) in [4.78, 5) is 30.9. The normalized spacial score (nSPS) is 14.8. The number of amides is 2. The molecule has 2 heterocycles. The molecule has 0 fully saturated rings. The molecule has 3 aromatic carbocycles. The molecule has 4 aromatic rings. The predicted octanol–water partition coefficient (Wildman–Crippen LogP) is 5.72. The number of carbonyl (C=O) groups is 2. The summed E-state index contributed by atoms with van der Waals surface area (Å²) in [6.45, 7) is 1.75. The van der Waals surface area contributed by atoms with Crippen molar-refractivity contribution in [3.05, 3.63) is 100 Å². The smallest absolute Gasteiger partial charge is 0.254 e. The Balaban J connectivity index is 1.44. The van der Waals surface area contributed by atoms with E-state index in [4.69, 9.17) is 4.74 Å². The van der Waals surface area contributed by atoms with Gasteiger partial charge in [0.05, 0.1) is 45.7 Å². The van der Waals surface area contributed by atoms with Gasteiger partial charge in [0.1, 0.15) is 0 Å². The summed E-state index contributed by atoms with van der Waals surface area (Å²) in [5.41, 5.74) is 3.11. The van der Waals surface area contributed by atoms with E-state index in [2.05, 4.69) is 27.0 Å². The largest absolute Gasteiger partial charge is 0.504 e. The molecule has 0 spiro atoms. The summed E-state index contributed by atoms with van der Waals surface area (Å²) >= 11 is 2.54. The zero-order valence-corrected chi connectivity index (χ0v) is 23.7. The van der Waals surface area contributed by atoms with Gasteiger partial charge in [-0.25, -0.2) is 4.98 Å². The van der Waals surface area contributed by atoms with Crippen molar-refractivity contribution in [2.45, 2.75) is 12.8 Å². The fraction of sp³-hybridized carbons (Fsp3) is 0.133. The van der Waals surface area contributed by atoms with Gasteiger partial charge >= 0.3 is 0 Å². The molecular formula is C30H25N5O4S2. The Morgan fingerprint density at radius 1 is 1.12 bits per heavy atom. The maximum absolute atomic E-state index is 13.6. The Labute approximate surface area is 244 Å². The van der Waals surface area contributed by atoms with Gasteiger partial charge in [-0.1, -0.05) is 59.5 Å². The van der Waals surface area contributed by atoms with Gasteiger partial charge in [-0.2, -0.15) is 5.26 Å². The van der Waals surface area contributed by atoms with Crippen molar-refractivity contribution in [3.63, 3.8) is 0 Å². The first-order valence-corrected chi connectivity index (χ1v) is 14.3. The zero-order valence-electron chi connectivity index (χ0n) is 22.1. The Morgan fingerprint density at radius 2 is 1.88 bits per heavy atom. The number of carbonyl (C=O) groups excluding carboxylic acids is 2. The van der Waals surface area contributed by atoms with Crippen LogP contribution in [-0.2, 0) is 9.59 Å². The van der Waals surface area contributed by atoms with Gasteiger partial charge in [0.15, 0.2) is 16.6 Å². The summed E-state index contributed by atoms with van der Waals surface area (Å²) in [5.74, 6) is -1.29. The number of thioether (sulfide) groups is 1. The number of dihydropyridines is 1. The minimum atomic E-state index is -0.783. The summed E-state index contributed by atoms with van der Waals surface area (Å²) in [6, 6.07) is 23.6. The number of anilines is 2. The summed E-state index contributed by atoms with van der Waals surface area (Å²) in [5, 5.41) is 30.4. The third-order valence-corrected chi connectivity index (χ3v) is 8.32. The van der Waals surface area contributed by atoms with E-state index in [0.29, 0.717) is 32.7 Å². The van der Waals surface area contributed by atoms with Crippen LogP contribution in [-0.4, -0.2) is 34.8 Å². The number of methoxy groups -OCH3 is 1. The lowest BCUT2D eigenvalue weighted by atomic mass is 9.82. The van der Waals surface area contributed by atoms with Gasteiger partial charge in [0, 0.05) is 17.0 Å². The number of nitrogens with one attached hydrogen (secondary N) is 3. The Kier molecular flexibility index (Phi) is 8.24. The van der Waals surface area contributed by atoms with Crippen molar-refractivity contribution in [3.8, 4) is 17.6 Å². The maximum atomic E-state index is 13.6. The first kappa shape index (κ1) is 27.8. The minimum absolute atomic E-state index is 0.00782. The number of benzene rings is 3. The first-order valence-electron chi connectivity index (χ1n) is 12.5. The van der Waals surface area contributed by atoms with Crippen LogP contribution in [0.2, 0.25) is 0 Å². The van der Waals surface area contributed by atoms with E-state index in [0.717, 1.165) is 22.0 Å². The summed E-state index contributed by atoms with van der Waals surface area (Å²) in [6.07, 6.45) is 0. The molecule has 9 nitrogen and oxygen atoms in total. The Morgan fingerprint density at radius 3 is 2.61 bits per heavy atom. The van der Waals surface area contributed by atoms with Crippen LogP contribution in [0.5, 0.6) is 11.5 Å². The molecule has 0 bridgehead atoms. The number of nitrogens with zero attached hydrogens (tertiary/aromatic N) is 2. The molecule has 1 aromatic heterocycles. The molecule has 0 saturated carbocycles. The molecule has 0 saturated heterocycles. The number of aromatic hydroxyl groups is 1. The highest BCUT2D eigenvalue weighted by Crippen LogP contribution is 2.43. The third-order valence-electron chi connectivity index (χ3n) is 6.35. The van der Waals surface area contributed by atoms with E-state index in [-0.39, 0.29) is 34.6 Å². The molecule has 206 valence electrons. The van der Waals surface area contributed by atoms with Crippen molar-refractivity contribution in [2.24, 2.45) is 0 Å². The van der Waals surface area contributed by atoms with E-state index >= 15 is 0 Å². The van der Waals surface area contributed by atoms with Crippen LogP contribution in [0.25, 0.3) is 10.2 Å². The number of fused-ring (bicyclic) bond motifs is 1. The van der Waals surface area contributed by atoms with E-state index in [1.54, 1.807) is 31.2 Å². The fourth-order valence-electron chi connectivity index (χ4n) is 4.47. The molecule has 11 heteroatoms. The van der Waals surface area contributed by atoms with Crippen LogP contribution < -0.4 is 20.7 Å². The van der Waals surface area contributed by atoms with E-state index in [1.807, 2.05) is 42.5 Å². The number of hydrogen-bond donors (Lipinski definition) is 4. The van der Waals surface area contributed by atoms with E-state index in [1.165, 1.54) is 24.5 Å². The summed E-state index contributed by atoms with van der Waals surface area (Å²) < 4.78 is 6.27. The predicted molar refractivity (Wildman–Crippen MR) is 162 cm³/mol. The monoisotopic (exact) mass is 583 g/mol. The Hall–Kier alpha value is -4.79. The standard InChI is InChI=1S/C30H25N5O4S2/c1-17-26(28(38)33-19-8-4-3-5-9-19)27(18-12-13-22(36)23(14-18)39-2)20(15-31)29(32-17)40-16-25(37)35-30-34-21-10-6-7-11-24(21)41-30/h3-14,27,32,36H,16H2,1-2H3,(H,33,38)(H,34,35,37)/t27-/m0/s1. The van der Waals surface area contributed by atoms with Gasteiger partial charge in [-0.15, -0.1) is 0 Å².